The summed E-state index contributed by atoms with van der Waals surface area (Å²) in [5.41, 5.74) is 4.56. The minimum absolute atomic E-state index is 0.296. The highest BCUT2D eigenvalue weighted by atomic mass is 19.1. The summed E-state index contributed by atoms with van der Waals surface area (Å²) in [6, 6.07) is 13.5. The van der Waals surface area contributed by atoms with E-state index in [-0.39, 0.29) is 5.82 Å². The van der Waals surface area contributed by atoms with Gasteiger partial charge < -0.3 is 4.74 Å². The van der Waals surface area contributed by atoms with Crippen LogP contribution in [0.1, 0.15) is 70.8 Å². The monoisotopic (exact) mass is 434 g/mol. The lowest BCUT2D eigenvalue weighted by molar-refractivity contribution is 0.290. The van der Waals surface area contributed by atoms with Crippen LogP contribution >= 0.6 is 0 Å². The lowest BCUT2D eigenvalue weighted by atomic mass is 10.0. The van der Waals surface area contributed by atoms with Crippen LogP contribution in [0.4, 0.5) is 4.39 Å². The zero-order valence-electron chi connectivity index (χ0n) is 19.4. The predicted molar refractivity (Wildman–Crippen MR) is 130 cm³/mol. The van der Waals surface area contributed by atoms with E-state index < -0.39 is 0 Å². The molecule has 0 atom stereocenters. The van der Waals surface area contributed by atoms with Gasteiger partial charge in [-0.15, -0.1) is 0 Å². The summed E-state index contributed by atoms with van der Waals surface area (Å²) < 4.78 is 20.0. The van der Waals surface area contributed by atoms with Crippen molar-refractivity contribution in [1.82, 2.24) is 9.97 Å². The van der Waals surface area contributed by atoms with Crippen molar-refractivity contribution in [1.29, 1.82) is 0 Å². The molecular formula is C28H35FN2O. The fourth-order valence-electron chi connectivity index (χ4n) is 3.71. The van der Waals surface area contributed by atoms with Crippen molar-refractivity contribution in [2.45, 2.75) is 71.6 Å². The van der Waals surface area contributed by atoms with Crippen molar-refractivity contribution in [3.8, 4) is 28.3 Å². The molecule has 0 saturated heterocycles. The second kappa shape index (κ2) is 12.9. The molecule has 32 heavy (non-hydrogen) atoms. The van der Waals surface area contributed by atoms with Crippen LogP contribution in [-0.2, 0) is 6.42 Å². The number of ether oxygens (including phenoxy) is 1. The summed E-state index contributed by atoms with van der Waals surface area (Å²) in [5.74, 6) is -0.0667. The Bertz CT molecular complexity index is 939. The molecule has 2 aromatic carbocycles. The van der Waals surface area contributed by atoms with Crippen molar-refractivity contribution < 1.29 is 9.13 Å². The first-order valence-corrected chi connectivity index (χ1v) is 12.0. The molecule has 1 heterocycles. The van der Waals surface area contributed by atoms with E-state index in [1.807, 2.05) is 6.07 Å². The maximum absolute atomic E-state index is 14.5. The van der Waals surface area contributed by atoms with Gasteiger partial charge in [-0.3, -0.25) is 9.97 Å². The number of aryl methyl sites for hydroxylation is 1. The van der Waals surface area contributed by atoms with E-state index in [1.54, 1.807) is 18.5 Å². The third-order valence-corrected chi connectivity index (χ3v) is 5.70. The smallest absolute Gasteiger partial charge is 0.165 e. The van der Waals surface area contributed by atoms with Gasteiger partial charge in [0.2, 0.25) is 0 Å². The Morgan fingerprint density at radius 2 is 1.34 bits per heavy atom. The van der Waals surface area contributed by atoms with Crippen LogP contribution in [0.15, 0.2) is 54.9 Å². The van der Waals surface area contributed by atoms with Crippen LogP contribution < -0.4 is 4.74 Å². The molecule has 0 amide bonds. The lowest BCUT2D eigenvalue weighted by Crippen LogP contribution is -1.99. The van der Waals surface area contributed by atoms with Gasteiger partial charge in [-0.25, -0.2) is 4.39 Å². The number of hydrogen-bond acceptors (Lipinski definition) is 3. The molecule has 0 fully saturated rings. The first kappa shape index (κ1) is 23.9. The number of nitrogens with zero attached hydrogens (tertiary/aromatic N) is 2. The molecule has 0 spiro atoms. The molecule has 0 radical (unpaired) electrons. The molecule has 0 bridgehead atoms. The number of hydrogen-bond donors (Lipinski definition) is 0. The van der Waals surface area contributed by atoms with E-state index in [2.05, 4.69) is 48.1 Å². The Balaban J connectivity index is 1.58. The van der Waals surface area contributed by atoms with Crippen molar-refractivity contribution >= 4 is 0 Å². The van der Waals surface area contributed by atoms with Crippen LogP contribution in [-0.4, -0.2) is 16.6 Å². The molecular weight excluding hydrogens is 399 g/mol. The second-order valence-corrected chi connectivity index (χ2v) is 8.35. The number of halogens is 1. The normalized spacial score (nSPS) is 11.0. The minimum atomic E-state index is -0.363. The van der Waals surface area contributed by atoms with E-state index in [4.69, 9.17) is 4.74 Å². The highest BCUT2D eigenvalue weighted by Crippen LogP contribution is 2.26. The maximum atomic E-state index is 14.5. The van der Waals surface area contributed by atoms with E-state index in [9.17, 15) is 4.39 Å². The zero-order valence-corrected chi connectivity index (χ0v) is 19.4. The minimum Gasteiger partial charge on any atom is -0.491 e. The lowest BCUT2D eigenvalue weighted by Gasteiger charge is -2.09. The third kappa shape index (κ3) is 7.15. The maximum Gasteiger partial charge on any atom is 0.165 e. The molecule has 3 rings (SSSR count). The largest absolute Gasteiger partial charge is 0.491 e. The van der Waals surface area contributed by atoms with Gasteiger partial charge in [0.1, 0.15) is 0 Å². The van der Waals surface area contributed by atoms with Crippen molar-refractivity contribution in [2.75, 3.05) is 6.61 Å². The summed E-state index contributed by atoms with van der Waals surface area (Å²) in [6.45, 7) is 4.94. The van der Waals surface area contributed by atoms with Crippen LogP contribution in [0.3, 0.4) is 0 Å². The van der Waals surface area contributed by atoms with Gasteiger partial charge in [0, 0.05) is 11.1 Å². The zero-order chi connectivity index (χ0) is 22.6. The Kier molecular flexibility index (Phi) is 9.67. The Labute approximate surface area is 192 Å². The quantitative estimate of drug-likeness (QED) is 0.255. The first-order chi connectivity index (χ1) is 15.7. The predicted octanol–water partition coefficient (Wildman–Crippen LogP) is 8.03. The molecule has 3 aromatic rings. The van der Waals surface area contributed by atoms with Crippen molar-refractivity contribution in [3.63, 3.8) is 0 Å². The second-order valence-electron chi connectivity index (χ2n) is 8.35. The third-order valence-electron chi connectivity index (χ3n) is 5.70. The number of unbranched alkanes of at least 4 members (excludes halogenated alkanes) is 6. The van der Waals surface area contributed by atoms with Crippen LogP contribution in [0, 0.1) is 5.82 Å². The fourth-order valence-corrected chi connectivity index (χ4v) is 3.71. The molecule has 4 heteroatoms. The molecule has 1 aromatic heterocycles. The summed E-state index contributed by atoms with van der Waals surface area (Å²) in [5, 5.41) is 0. The highest BCUT2D eigenvalue weighted by molar-refractivity contribution is 5.63. The summed E-state index contributed by atoms with van der Waals surface area (Å²) in [6.07, 6.45) is 14.1. The molecule has 0 aliphatic carbocycles. The summed E-state index contributed by atoms with van der Waals surface area (Å²) >= 11 is 0. The molecule has 0 N–H and O–H groups in total. The molecule has 0 saturated carbocycles. The topological polar surface area (TPSA) is 35.0 Å². The fraction of sp³-hybridized carbons (Fsp3) is 0.429. The molecule has 170 valence electrons. The Morgan fingerprint density at radius 3 is 1.97 bits per heavy atom. The van der Waals surface area contributed by atoms with Gasteiger partial charge in [0.05, 0.1) is 30.4 Å². The Morgan fingerprint density at radius 1 is 0.719 bits per heavy atom. The standard InChI is InChI=1S/C28H35FN2O/c1-3-5-7-9-11-22-12-14-23(15-13-22)26-20-31-27(21-30-26)24-16-17-28(25(29)19-24)32-18-10-8-6-4-2/h12-17,19-21H,3-11,18H2,1-2H3. The molecule has 3 nitrogen and oxygen atoms in total. The number of benzene rings is 2. The van der Waals surface area contributed by atoms with Crippen molar-refractivity contribution in [2.24, 2.45) is 0 Å². The van der Waals surface area contributed by atoms with Gasteiger partial charge in [0.25, 0.3) is 0 Å². The van der Waals surface area contributed by atoms with Crippen molar-refractivity contribution in [3.05, 3.63) is 66.2 Å². The van der Waals surface area contributed by atoms with E-state index in [0.717, 1.165) is 30.5 Å². The van der Waals surface area contributed by atoms with Crippen LogP contribution in [0.5, 0.6) is 5.75 Å². The average Bonchev–Trinajstić information content (AvgIpc) is 2.83. The van der Waals surface area contributed by atoms with Gasteiger partial charge in [-0.05, 0) is 43.0 Å². The van der Waals surface area contributed by atoms with Gasteiger partial charge in [-0.1, -0.05) is 76.6 Å². The molecule has 0 aliphatic rings. The number of aromatic nitrogens is 2. The molecule has 0 unspecified atom stereocenters. The molecule has 0 aliphatic heterocycles. The van der Waals surface area contributed by atoms with E-state index >= 15 is 0 Å². The SMILES string of the molecule is CCCCCCOc1ccc(-c2cnc(-c3ccc(CCCCCC)cc3)cn2)cc1F. The van der Waals surface area contributed by atoms with Crippen LogP contribution in [0.2, 0.25) is 0 Å². The van der Waals surface area contributed by atoms with E-state index in [1.165, 1.54) is 50.2 Å². The first-order valence-electron chi connectivity index (χ1n) is 12.0. The van der Waals surface area contributed by atoms with Crippen LogP contribution in [0.25, 0.3) is 22.5 Å². The summed E-state index contributed by atoms with van der Waals surface area (Å²) in [4.78, 5) is 9.07. The van der Waals surface area contributed by atoms with Gasteiger partial charge in [-0.2, -0.15) is 0 Å². The van der Waals surface area contributed by atoms with Gasteiger partial charge in [0.15, 0.2) is 11.6 Å². The van der Waals surface area contributed by atoms with E-state index in [0.29, 0.717) is 23.6 Å². The Hall–Kier alpha value is -2.75. The average molecular weight is 435 g/mol. The highest BCUT2D eigenvalue weighted by Gasteiger charge is 2.09. The van der Waals surface area contributed by atoms with Gasteiger partial charge >= 0.3 is 0 Å². The summed E-state index contributed by atoms with van der Waals surface area (Å²) in [7, 11) is 0. The number of rotatable bonds is 13.